The van der Waals surface area contributed by atoms with Gasteiger partial charge < -0.3 is 4.53 Å². The van der Waals surface area contributed by atoms with Gasteiger partial charge in [-0.3, -0.25) is 0 Å². The van der Waals surface area contributed by atoms with Crippen LogP contribution in [0.4, 0.5) is 0 Å². The average Bonchev–Trinajstić information content (AvgIpc) is 2.05. The molecule has 0 aromatic rings. The van der Waals surface area contributed by atoms with E-state index in [4.69, 9.17) is 10.0 Å². The van der Waals surface area contributed by atoms with E-state index in [0.29, 0.717) is 0 Å². The molecule has 0 aliphatic rings. The van der Waals surface area contributed by atoms with Gasteiger partial charge in [0.1, 0.15) is 0 Å². The lowest BCUT2D eigenvalue weighted by Gasteiger charge is -2.55. The second-order valence-corrected chi connectivity index (χ2v) is 51.5. The predicted octanol–water partition coefficient (Wildman–Crippen LogP) is 5.93. The molecule has 0 amide bonds. The maximum atomic E-state index is 6.88. The van der Waals surface area contributed by atoms with Crippen molar-refractivity contribution in [3.63, 3.8) is 0 Å². The molecule has 2 nitrogen and oxygen atoms in total. The third-order valence-corrected chi connectivity index (χ3v) is 71.6. The van der Waals surface area contributed by atoms with Gasteiger partial charge in [-0.25, -0.2) is 0 Å². The molecule has 0 aliphatic heterocycles. The standard InChI is InChI=1S/C17H44NOSi4/c1-16(2,3)15-17(4,5)18-19-23(20(6,7)8,21(9,10)11)22(12,13)14/h15H2,1-14H3. The molecule has 1 radical (unpaired) electrons. The smallest absolute Gasteiger partial charge is 0.187 e. The van der Waals surface area contributed by atoms with Crippen LogP contribution >= 0.6 is 0 Å². The Morgan fingerprint density at radius 3 is 1.17 bits per heavy atom. The summed E-state index contributed by atoms with van der Waals surface area (Å²) in [6, 6.07) is 0. The molecule has 0 heterocycles. The summed E-state index contributed by atoms with van der Waals surface area (Å²) in [6.45, 7) is 32.4. The Morgan fingerprint density at radius 1 is 0.652 bits per heavy atom. The summed E-state index contributed by atoms with van der Waals surface area (Å²) in [7, 11) is -4.26. The van der Waals surface area contributed by atoms with Crippen LogP contribution in [0.15, 0.2) is 0 Å². The third-order valence-electron chi connectivity index (χ3n) is 4.56. The van der Waals surface area contributed by atoms with Crippen molar-refractivity contribution in [2.24, 2.45) is 5.41 Å². The van der Waals surface area contributed by atoms with Crippen LogP contribution in [0.5, 0.6) is 0 Å². The quantitative estimate of drug-likeness (QED) is 0.390. The molecule has 0 aliphatic carbocycles. The molecule has 0 rings (SSSR count). The predicted molar refractivity (Wildman–Crippen MR) is 117 cm³/mol. The van der Waals surface area contributed by atoms with Crippen LogP contribution < -0.4 is 5.48 Å². The van der Waals surface area contributed by atoms with Gasteiger partial charge in [0.25, 0.3) is 0 Å². The monoisotopic (exact) mass is 390 g/mol. The van der Waals surface area contributed by atoms with E-state index in [2.05, 4.69) is 93.5 Å². The Balaban J connectivity index is 5.78. The average molecular weight is 391 g/mol. The molecule has 0 saturated heterocycles. The molecule has 0 aromatic heterocycles. The molecule has 0 unspecified atom stereocenters. The van der Waals surface area contributed by atoms with Crippen LogP contribution in [0.1, 0.15) is 41.0 Å². The first-order chi connectivity index (χ1) is 9.66. The molecule has 6 heteroatoms. The van der Waals surface area contributed by atoms with Gasteiger partial charge in [-0.1, -0.05) is 79.7 Å². The van der Waals surface area contributed by atoms with Crippen molar-refractivity contribution in [1.82, 2.24) is 5.48 Å². The molecule has 0 saturated carbocycles. The van der Waals surface area contributed by atoms with E-state index >= 15 is 0 Å². The van der Waals surface area contributed by atoms with Gasteiger partial charge in [-0.2, -0.15) is 0 Å². The Labute approximate surface area is 150 Å². The van der Waals surface area contributed by atoms with Crippen LogP contribution in [0.2, 0.25) is 58.9 Å². The molecule has 139 valence electrons. The number of rotatable bonds is 7. The molecule has 0 spiro atoms. The summed E-state index contributed by atoms with van der Waals surface area (Å²) in [6.07, 6.45) is 1.06. The van der Waals surface area contributed by atoms with Crippen LogP contribution in [0.3, 0.4) is 0 Å². The van der Waals surface area contributed by atoms with Crippen LogP contribution in [-0.4, -0.2) is 35.2 Å². The van der Waals surface area contributed by atoms with Crippen molar-refractivity contribution in [2.45, 2.75) is 106 Å². The first-order valence-corrected chi connectivity index (χ1v) is 24.5. The zero-order valence-corrected chi connectivity index (χ0v) is 22.6. The number of hydroxylamine groups is 1. The lowest BCUT2D eigenvalue weighted by Crippen LogP contribution is -2.85. The first-order valence-electron chi connectivity index (χ1n) is 9.07. The van der Waals surface area contributed by atoms with Crippen molar-refractivity contribution in [1.29, 1.82) is 0 Å². The van der Waals surface area contributed by atoms with Gasteiger partial charge in [-0.05, 0) is 25.7 Å². The lowest BCUT2D eigenvalue weighted by atomic mass is 9.82. The summed E-state index contributed by atoms with van der Waals surface area (Å²) in [5.74, 6) is 0. The number of hydrogen-bond donors (Lipinski definition) is 0. The molecule has 0 aromatic carbocycles. The van der Waals surface area contributed by atoms with Crippen LogP contribution in [0.25, 0.3) is 0 Å². The van der Waals surface area contributed by atoms with Gasteiger partial charge in [0.05, 0.1) is 28.3 Å². The second-order valence-electron chi connectivity index (χ2n) is 12.2. The fourth-order valence-corrected chi connectivity index (χ4v) is 97.1. The summed E-state index contributed by atoms with van der Waals surface area (Å²) in [5.41, 5.74) is 5.15. The van der Waals surface area contributed by atoms with Crippen molar-refractivity contribution in [2.75, 3.05) is 0 Å². The van der Waals surface area contributed by atoms with Gasteiger partial charge in [0.2, 0.25) is 0 Å². The number of nitrogens with zero attached hydrogens (tertiary/aromatic N) is 1. The second kappa shape index (κ2) is 6.83. The van der Waals surface area contributed by atoms with E-state index in [1.165, 1.54) is 0 Å². The van der Waals surface area contributed by atoms with E-state index in [0.717, 1.165) is 6.42 Å². The molecule has 0 N–H and O–H groups in total. The normalized spacial score (nSPS) is 15.9. The molecule has 23 heavy (non-hydrogen) atoms. The van der Waals surface area contributed by atoms with E-state index < -0.39 is 29.6 Å². The molecule has 0 bridgehead atoms. The van der Waals surface area contributed by atoms with Crippen LogP contribution in [-0.2, 0) is 4.53 Å². The van der Waals surface area contributed by atoms with Gasteiger partial charge in [-0.15, -0.1) is 5.48 Å². The number of hydrogen-bond acceptors (Lipinski definition) is 1. The minimum atomic E-state index is -1.84. The highest BCUT2D eigenvalue weighted by Crippen LogP contribution is 2.38. The fraction of sp³-hybridized carbons (Fsp3) is 1.00. The van der Waals surface area contributed by atoms with Crippen molar-refractivity contribution in [3.8, 4) is 0 Å². The highest BCUT2D eigenvalue weighted by Gasteiger charge is 2.65. The SMILES string of the molecule is CC(C)(C)CC(C)(C)[N]O[Si]([Si](C)(C)C)([Si](C)(C)C)[Si](C)(C)C. The maximum Gasteiger partial charge on any atom is 0.187 e. The minimum absolute atomic E-state index is 0.102. The minimum Gasteiger partial charge on any atom is -0.337 e. The topological polar surface area (TPSA) is 23.3 Å². The highest BCUT2D eigenvalue weighted by molar-refractivity contribution is 7.87. The van der Waals surface area contributed by atoms with E-state index in [1.807, 2.05) is 0 Å². The van der Waals surface area contributed by atoms with E-state index in [1.54, 1.807) is 0 Å². The Morgan fingerprint density at radius 2 is 0.957 bits per heavy atom. The van der Waals surface area contributed by atoms with Crippen molar-refractivity contribution < 1.29 is 4.53 Å². The van der Waals surface area contributed by atoms with Gasteiger partial charge in [0, 0.05) is 0 Å². The molecular formula is C17H44NOSi4. The van der Waals surface area contributed by atoms with Gasteiger partial charge >= 0.3 is 0 Å². The summed E-state index contributed by atoms with van der Waals surface area (Å²) in [4.78, 5) is 0. The maximum absolute atomic E-state index is 6.88. The van der Waals surface area contributed by atoms with Crippen molar-refractivity contribution >= 4 is 29.6 Å². The lowest BCUT2D eigenvalue weighted by molar-refractivity contribution is 0.0710. The zero-order valence-electron chi connectivity index (χ0n) is 18.6. The first kappa shape index (κ1) is 23.8. The highest BCUT2D eigenvalue weighted by atomic mass is 29.9. The van der Waals surface area contributed by atoms with Gasteiger partial charge in [0.15, 0.2) is 6.87 Å². The van der Waals surface area contributed by atoms with Crippen molar-refractivity contribution in [3.05, 3.63) is 0 Å². The fourth-order valence-electron chi connectivity index (χ4n) is 5.31. The zero-order chi connectivity index (χ0) is 19.1. The summed E-state index contributed by atoms with van der Waals surface area (Å²) < 4.78 is 6.88. The molecular weight excluding hydrogens is 347 g/mol. The van der Waals surface area contributed by atoms with E-state index in [-0.39, 0.29) is 11.0 Å². The Bertz CT molecular complexity index is 359. The Kier molecular flexibility index (Phi) is 7.07. The largest absolute Gasteiger partial charge is 0.337 e. The Hall–Kier alpha value is 0.788. The molecule has 0 fully saturated rings. The summed E-state index contributed by atoms with van der Waals surface area (Å²) in [5, 5.41) is 0. The third kappa shape index (κ3) is 5.92. The van der Waals surface area contributed by atoms with Crippen LogP contribution in [0, 0.1) is 5.41 Å². The summed E-state index contributed by atoms with van der Waals surface area (Å²) >= 11 is 0. The van der Waals surface area contributed by atoms with E-state index in [9.17, 15) is 0 Å². The molecule has 0 atom stereocenters.